The van der Waals surface area contributed by atoms with Crippen molar-refractivity contribution in [1.82, 2.24) is 4.98 Å². The Labute approximate surface area is 157 Å². The minimum atomic E-state index is -4.60. The normalized spacial score (nSPS) is 11.7. The van der Waals surface area contributed by atoms with E-state index in [0.717, 1.165) is 0 Å². The molecule has 0 aliphatic heterocycles. The summed E-state index contributed by atoms with van der Waals surface area (Å²) in [5.41, 5.74) is -0.394. The maximum absolute atomic E-state index is 12.7. The number of anilines is 1. The Hall–Kier alpha value is -1.50. The number of aromatic nitrogens is 1. The van der Waals surface area contributed by atoms with Crippen LogP contribution in [0.2, 0.25) is 15.1 Å². The molecule has 0 atom stereocenters. The largest absolute Gasteiger partial charge is 0.417 e. The number of pyridine rings is 1. The Kier molecular flexibility index (Phi) is 5.86. The summed E-state index contributed by atoms with van der Waals surface area (Å²) in [5, 5.41) is 2.73. The van der Waals surface area contributed by atoms with Crippen molar-refractivity contribution in [3.05, 3.63) is 56.3 Å². The predicted molar refractivity (Wildman–Crippen MR) is 92.8 cm³/mol. The third kappa shape index (κ3) is 4.57. The summed E-state index contributed by atoms with van der Waals surface area (Å²) >= 11 is 17.9. The first kappa shape index (κ1) is 19.8. The molecule has 0 saturated heterocycles. The molecule has 0 aliphatic carbocycles. The number of amides is 1. The predicted octanol–water partition coefficient (Wildman–Crippen LogP) is 6.44. The monoisotopic (exact) mass is 410 g/mol. The van der Waals surface area contributed by atoms with Gasteiger partial charge in [0.25, 0.3) is 5.91 Å². The first-order chi connectivity index (χ1) is 11.5. The van der Waals surface area contributed by atoms with Crippen molar-refractivity contribution in [2.75, 3.05) is 5.32 Å². The fourth-order valence-corrected chi connectivity index (χ4v) is 2.92. The van der Waals surface area contributed by atoms with Crippen molar-refractivity contribution in [2.45, 2.75) is 25.9 Å². The molecule has 0 bridgehead atoms. The standard InChI is InChI=1S/C16H12Cl3F3N2O/c1-7(2)10-4-9(17)5-12(19)13(10)24-15(25)14-11(18)3-8(6-23-14)16(20,21)22/h3-7H,1-2H3,(H,24,25). The molecule has 25 heavy (non-hydrogen) atoms. The molecule has 1 heterocycles. The second kappa shape index (κ2) is 7.40. The van der Waals surface area contributed by atoms with Gasteiger partial charge in [-0.15, -0.1) is 0 Å². The molecule has 1 amide bonds. The highest BCUT2D eigenvalue weighted by Gasteiger charge is 2.32. The van der Waals surface area contributed by atoms with Crippen LogP contribution in [-0.2, 0) is 6.18 Å². The zero-order chi connectivity index (χ0) is 18.9. The zero-order valence-electron chi connectivity index (χ0n) is 13.0. The van der Waals surface area contributed by atoms with Crippen LogP contribution in [-0.4, -0.2) is 10.9 Å². The lowest BCUT2D eigenvalue weighted by molar-refractivity contribution is -0.137. The smallest absolute Gasteiger partial charge is 0.319 e. The molecular formula is C16H12Cl3F3N2O. The van der Waals surface area contributed by atoms with Crippen molar-refractivity contribution in [3.8, 4) is 0 Å². The average molecular weight is 412 g/mol. The molecule has 0 aliphatic rings. The lowest BCUT2D eigenvalue weighted by atomic mass is 10.0. The minimum absolute atomic E-state index is 0.0115. The Bertz CT molecular complexity index is 823. The first-order valence-electron chi connectivity index (χ1n) is 7.03. The molecule has 0 saturated carbocycles. The summed E-state index contributed by atoms with van der Waals surface area (Å²) < 4.78 is 38.0. The van der Waals surface area contributed by atoms with Crippen LogP contribution in [0.3, 0.4) is 0 Å². The summed E-state index contributed by atoms with van der Waals surface area (Å²) in [4.78, 5) is 15.9. The molecule has 1 aromatic carbocycles. The molecule has 0 unspecified atom stereocenters. The Morgan fingerprint density at radius 2 is 1.76 bits per heavy atom. The second-order valence-electron chi connectivity index (χ2n) is 5.51. The number of alkyl halides is 3. The average Bonchev–Trinajstić information content (AvgIpc) is 2.48. The molecule has 134 valence electrons. The van der Waals surface area contributed by atoms with Crippen LogP contribution in [0.25, 0.3) is 0 Å². The van der Waals surface area contributed by atoms with E-state index in [0.29, 0.717) is 28.5 Å². The number of benzene rings is 1. The van der Waals surface area contributed by atoms with Gasteiger partial charge in [-0.05, 0) is 29.7 Å². The van der Waals surface area contributed by atoms with Gasteiger partial charge in [0, 0.05) is 11.2 Å². The van der Waals surface area contributed by atoms with Gasteiger partial charge in [0.05, 0.1) is 21.3 Å². The van der Waals surface area contributed by atoms with E-state index in [1.54, 1.807) is 6.07 Å². The van der Waals surface area contributed by atoms with E-state index in [1.165, 1.54) is 6.07 Å². The van der Waals surface area contributed by atoms with Gasteiger partial charge in [0.1, 0.15) is 5.69 Å². The molecule has 3 nitrogen and oxygen atoms in total. The lowest BCUT2D eigenvalue weighted by Gasteiger charge is -2.16. The van der Waals surface area contributed by atoms with Gasteiger partial charge in [-0.1, -0.05) is 48.7 Å². The Balaban J connectivity index is 2.38. The van der Waals surface area contributed by atoms with Crippen LogP contribution in [0, 0.1) is 0 Å². The van der Waals surface area contributed by atoms with E-state index in [1.807, 2.05) is 13.8 Å². The van der Waals surface area contributed by atoms with Crippen LogP contribution < -0.4 is 5.32 Å². The van der Waals surface area contributed by atoms with Crippen molar-refractivity contribution in [2.24, 2.45) is 0 Å². The highest BCUT2D eigenvalue weighted by Crippen LogP contribution is 2.35. The molecular weight excluding hydrogens is 400 g/mol. The van der Waals surface area contributed by atoms with E-state index in [9.17, 15) is 18.0 Å². The maximum atomic E-state index is 12.7. The van der Waals surface area contributed by atoms with Gasteiger partial charge in [0.15, 0.2) is 0 Å². The molecule has 0 spiro atoms. The van der Waals surface area contributed by atoms with Gasteiger partial charge in [-0.25, -0.2) is 4.98 Å². The van der Waals surface area contributed by atoms with E-state index in [4.69, 9.17) is 34.8 Å². The van der Waals surface area contributed by atoms with E-state index < -0.39 is 22.7 Å². The second-order valence-corrected chi connectivity index (χ2v) is 6.76. The van der Waals surface area contributed by atoms with Gasteiger partial charge >= 0.3 is 6.18 Å². The summed E-state index contributed by atoms with van der Waals surface area (Å²) in [6, 6.07) is 3.75. The molecule has 0 fully saturated rings. The highest BCUT2D eigenvalue weighted by molar-refractivity contribution is 6.37. The van der Waals surface area contributed by atoms with Gasteiger partial charge in [-0.3, -0.25) is 4.79 Å². The lowest BCUT2D eigenvalue weighted by Crippen LogP contribution is -2.17. The van der Waals surface area contributed by atoms with E-state index in [-0.39, 0.29) is 16.6 Å². The van der Waals surface area contributed by atoms with Crippen molar-refractivity contribution in [1.29, 1.82) is 0 Å². The summed E-state index contributed by atoms with van der Waals surface area (Å²) in [5.74, 6) is -0.785. The number of rotatable bonds is 3. The maximum Gasteiger partial charge on any atom is 0.417 e. The molecule has 9 heteroatoms. The van der Waals surface area contributed by atoms with Crippen molar-refractivity contribution in [3.63, 3.8) is 0 Å². The summed E-state index contributed by atoms with van der Waals surface area (Å²) in [6.07, 6.45) is -4.05. The number of nitrogens with zero attached hydrogens (tertiary/aromatic N) is 1. The van der Waals surface area contributed by atoms with Crippen LogP contribution in [0.4, 0.5) is 18.9 Å². The zero-order valence-corrected chi connectivity index (χ0v) is 15.3. The third-order valence-corrected chi connectivity index (χ3v) is 4.13. The van der Waals surface area contributed by atoms with Crippen LogP contribution >= 0.6 is 34.8 Å². The number of carbonyl (C=O) groups is 1. The van der Waals surface area contributed by atoms with Crippen LogP contribution in [0.1, 0.15) is 41.4 Å². The third-order valence-electron chi connectivity index (χ3n) is 3.33. The fourth-order valence-electron chi connectivity index (χ4n) is 2.11. The SMILES string of the molecule is CC(C)c1cc(Cl)cc(Cl)c1NC(=O)c1ncc(C(F)(F)F)cc1Cl. The van der Waals surface area contributed by atoms with Crippen molar-refractivity contribution >= 4 is 46.4 Å². The highest BCUT2D eigenvalue weighted by atomic mass is 35.5. The first-order valence-corrected chi connectivity index (χ1v) is 8.17. The Morgan fingerprint density at radius 3 is 2.28 bits per heavy atom. The number of hydrogen-bond acceptors (Lipinski definition) is 2. The van der Waals surface area contributed by atoms with Crippen LogP contribution in [0.15, 0.2) is 24.4 Å². The topological polar surface area (TPSA) is 42.0 Å². The van der Waals surface area contributed by atoms with E-state index >= 15 is 0 Å². The molecule has 2 aromatic rings. The van der Waals surface area contributed by atoms with Gasteiger partial charge < -0.3 is 5.32 Å². The minimum Gasteiger partial charge on any atom is -0.319 e. The number of hydrogen-bond donors (Lipinski definition) is 1. The van der Waals surface area contributed by atoms with Crippen molar-refractivity contribution < 1.29 is 18.0 Å². The van der Waals surface area contributed by atoms with Gasteiger partial charge in [-0.2, -0.15) is 13.2 Å². The Morgan fingerprint density at radius 1 is 1.12 bits per heavy atom. The van der Waals surface area contributed by atoms with E-state index in [2.05, 4.69) is 10.3 Å². The summed E-state index contributed by atoms with van der Waals surface area (Å²) in [7, 11) is 0. The fraction of sp³-hybridized carbons (Fsp3) is 0.250. The number of carbonyl (C=O) groups excluding carboxylic acids is 1. The quantitative estimate of drug-likeness (QED) is 0.632. The molecule has 1 aromatic heterocycles. The van der Waals surface area contributed by atoms with Gasteiger partial charge in [0.2, 0.25) is 0 Å². The van der Waals surface area contributed by atoms with Crippen LogP contribution in [0.5, 0.6) is 0 Å². The number of halogens is 6. The summed E-state index contributed by atoms with van der Waals surface area (Å²) in [6.45, 7) is 3.75. The molecule has 0 radical (unpaired) electrons. The molecule has 2 rings (SSSR count). The molecule has 1 N–H and O–H groups in total. The number of nitrogens with one attached hydrogen (secondary N) is 1.